The first-order valence-electron chi connectivity index (χ1n) is 10.9. The number of aryl methyl sites for hydroxylation is 1. The SMILES string of the molecule is CNC(=O)c1ccc(N2CCN3Cc4cc5[nH]c(=O)c(C)nc5cc4OCC[C@H]3C2)cn1. The normalized spacial score (nSPS) is 18.8. The van der Waals surface area contributed by atoms with Crippen LogP contribution in [0.2, 0.25) is 0 Å². The van der Waals surface area contributed by atoms with Crippen LogP contribution in [0.4, 0.5) is 5.69 Å². The molecule has 0 aliphatic carbocycles. The summed E-state index contributed by atoms with van der Waals surface area (Å²) in [6, 6.07) is 7.99. The second-order valence-corrected chi connectivity index (χ2v) is 8.32. The topological polar surface area (TPSA) is 103 Å². The van der Waals surface area contributed by atoms with Crippen LogP contribution in [0.1, 0.15) is 28.2 Å². The Balaban J connectivity index is 1.36. The highest BCUT2D eigenvalue weighted by molar-refractivity contribution is 5.92. The smallest absolute Gasteiger partial charge is 0.269 e. The minimum Gasteiger partial charge on any atom is -0.493 e. The molecule has 0 bridgehead atoms. The summed E-state index contributed by atoms with van der Waals surface area (Å²) in [6.45, 7) is 5.73. The van der Waals surface area contributed by atoms with Gasteiger partial charge in [0.25, 0.3) is 11.5 Å². The van der Waals surface area contributed by atoms with Gasteiger partial charge in [-0.05, 0) is 31.5 Å². The number of H-pyrrole nitrogens is 1. The van der Waals surface area contributed by atoms with E-state index in [1.54, 1.807) is 26.2 Å². The van der Waals surface area contributed by atoms with Crippen molar-refractivity contribution >= 4 is 22.6 Å². The minimum absolute atomic E-state index is 0.160. The Labute approximate surface area is 185 Å². The molecule has 32 heavy (non-hydrogen) atoms. The van der Waals surface area contributed by atoms with Gasteiger partial charge in [0.2, 0.25) is 0 Å². The lowest BCUT2D eigenvalue weighted by atomic mass is 10.0. The van der Waals surface area contributed by atoms with Crippen LogP contribution >= 0.6 is 0 Å². The van der Waals surface area contributed by atoms with Gasteiger partial charge in [0, 0.05) is 50.9 Å². The number of nitrogens with zero attached hydrogens (tertiary/aromatic N) is 4. The van der Waals surface area contributed by atoms with Crippen LogP contribution in [0.25, 0.3) is 11.0 Å². The zero-order valence-electron chi connectivity index (χ0n) is 18.2. The number of aromatic amines is 1. The number of piperazine rings is 1. The number of benzene rings is 1. The quantitative estimate of drug-likeness (QED) is 0.629. The fourth-order valence-electron chi connectivity index (χ4n) is 4.48. The van der Waals surface area contributed by atoms with Crippen molar-refractivity contribution in [2.24, 2.45) is 0 Å². The molecule has 3 aromatic rings. The molecule has 0 spiro atoms. The van der Waals surface area contributed by atoms with E-state index >= 15 is 0 Å². The highest BCUT2D eigenvalue weighted by Crippen LogP contribution is 2.30. The summed E-state index contributed by atoms with van der Waals surface area (Å²) in [5, 5.41) is 2.60. The molecular formula is C23H26N6O3. The van der Waals surface area contributed by atoms with Crippen LogP contribution in [0.5, 0.6) is 5.75 Å². The first-order valence-corrected chi connectivity index (χ1v) is 10.9. The highest BCUT2D eigenvalue weighted by atomic mass is 16.5. The Morgan fingerprint density at radius 1 is 1.28 bits per heavy atom. The average Bonchev–Trinajstić information content (AvgIpc) is 2.79. The lowest BCUT2D eigenvalue weighted by Crippen LogP contribution is -2.53. The lowest BCUT2D eigenvalue weighted by molar-refractivity contribution is 0.0958. The fourth-order valence-corrected chi connectivity index (χ4v) is 4.48. The van der Waals surface area contributed by atoms with Crippen LogP contribution in [0.3, 0.4) is 0 Å². The van der Waals surface area contributed by atoms with Crippen molar-refractivity contribution in [1.82, 2.24) is 25.2 Å². The van der Waals surface area contributed by atoms with Crippen molar-refractivity contribution in [3.8, 4) is 5.75 Å². The van der Waals surface area contributed by atoms with Crippen LogP contribution < -0.4 is 20.5 Å². The number of hydrogen-bond acceptors (Lipinski definition) is 7. The Kier molecular flexibility index (Phi) is 5.26. The summed E-state index contributed by atoms with van der Waals surface area (Å²) in [5.41, 5.74) is 4.28. The summed E-state index contributed by atoms with van der Waals surface area (Å²) >= 11 is 0. The van der Waals surface area contributed by atoms with Gasteiger partial charge in [0.15, 0.2) is 0 Å². The van der Waals surface area contributed by atoms with Gasteiger partial charge >= 0.3 is 0 Å². The maximum Gasteiger partial charge on any atom is 0.269 e. The molecule has 2 aliphatic rings. The number of amides is 1. The first-order chi connectivity index (χ1) is 15.5. The number of anilines is 1. The van der Waals surface area contributed by atoms with Crippen molar-refractivity contribution in [2.45, 2.75) is 25.9 Å². The zero-order chi connectivity index (χ0) is 22.2. The largest absolute Gasteiger partial charge is 0.493 e. The number of nitrogens with one attached hydrogen (secondary N) is 2. The molecule has 0 radical (unpaired) electrons. The summed E-state index contributed by atoms with van der Waals surface area (Å²) < 4.78 is 6.12. The maximum atomic E-state index is 12.0. The second kappa shape index (κ2) is 8.23. The summed E-state index contributed by atoms with van der Waals surface area (Å²) in [5.74, 6) is 0.655. The molecule has 2 N–H and O–H groups in total. The fraction of sp³-hybridized carbons (Fsp3) is 0.391. The van der Waals surface area contributed by atoms with Crippen LogP contribution in [-0.4, -0.2) is 65.1 Å². The molecule has 1 amide bonds. The van der Waals surface area contributed by atoms with Gasteiger partial charge in [0.05, 0.1) is 29.5 Å². The van der Waals surface area contributed by atoms with Crippen molar-refractivity contribution < 1.29 is 9.53 Å². The van der Waals surface area contributed by atoms with Crippen molar-refractivity contribution in [2.75, 3.05) is 38.2 Å². The molecule has 1 saturated heterocycles. The number of aromatic nitrogens is 3. The lowest BCUT2D eigenvalue weighted by Gasteiger charge is -2.43. The molecule has 1 atom stereocenters. The molecule has 1 aromatic carbocycles. The van der Waals surface area contributed by atoms with E-state index in [1.807, 2.05) is 18.2 Å². The Bertz CT molecular complexity index is 1220. The standard InChI is InChI=1S/C23H26N6O3/c1-14-22(30)27-19-9-15-12-28-6-7-29(16-3-4-18(25-11-16)23(31)24-2)13-17(28)5-8-32-21(15)10-20(19)26-14/h3-4,9-11,17H,5-8,12-13H2,1-2H3,(H,24,31)(H,27,30)/t17-/m0/s1. The number of carbonyl (C=O) groups excluding carboxylic acids is 1. The van der Waals surface area contributed by atoms with Gasteiger partial charge in [-0.1, -0.05) is 0 Å². The number of carbonyl (C=O) groups is 1. The Morgan fingerprint density at radius 3 is 2.94 bits per heavy atom. The van der Waals surface area contributed by atoms with Crippen LogP contribution in [-0.2, 0) is 6.54 Å². The van der Waals surface area contributed by atoms with Crippen molar-refractivity contribution in [3.05, 3.63) is 57.8 Å². The van der Waals surface area contributed by atoms with E-state index in [9.17, 15) is 9.59 Å². The molecule has 4 heterocycles. The van der Waals surface area contributed by atoms with Gasteiger partial charge in [-0.25, -0.2) is 9.97 Å². The van der Waals surface area contributed by atoms with Crippen LogP contribution in [0, 0.1) is 6.92 Å². The highest BCUT2D eigenvalue weighted by Gasteiger charge is 2.30. The summed E-state index contributed by atoms with van der Waals surface area (Å²) in [4.78, 5) is 40.2. The minimum atomic E-state index is -0.184. The van der Waals surface area contributed by atoms with E-state index in [-0.39, 0.29) is 11.5 Å². The third-order valence-corrected chi connectivity index (χ3v) is 6.30. The predicted molar refractivity (Wildman–Crippen MR) is 121 cm³/mol. The zero-order valence-corrected chi connectivity index (χ0v) is 18.2. The van der Waals surface area contributed by atoms with Gasteiger partial charge < -0.3 is 19.9 Å². The number of fused-ring (bicyclic) bond motifs is 3. The number of ether oxygens (including phenoxy) is 1. The van der Waals surface area contributed by atoms with E-state index in [1.165, 1.54) is 0 Å². The molecule has 166 valence electrons. The van der Waals surface area contributed by atoms with Gasteiger partial charge in [-0.3, -0.25) is 14.5 Å². The number of rotatable bonds is 2. The van der Waals surface area contributed by atoms with Gasteiger partial charge in [-0.15, -0.1) is 0 Å². The molecule has 0 saturated carbocycles. The van der Waals surface area contributed by atoms with E-state index in [0.29, 0.717) is 24.0 Å². The summed E-state index contributed by atoms with van der Waals surface area (Å²) in [6.07, 6.45) is 2.68. The van der Waals surface area contributed by atoms with Crippen molar-refractivity contribution in [3.63, 3.8) is 0 Å². The third-order valence-electron chi connectivity index (χ3n) is 6.30. The molecule has 2 aliphatic heterocycles. The van der Waals surface area contributed by atoms with E-state index in [0.717, 1.165) is 60.6 Å². The molecule has 0 unspecified atom stereocenters. The summed E-state index contributed by atoms with van der Waals surface area (Å²) in [7, 11) is 1.60. The van der Waals surface area contributed by atoms with Crippen molar-refractivity contribution in [1.29, 1.82) is 0 Å². The number of hydrogen-bond donors (Lipinski definition) is 2. The van der Waals surface area contributed by atoms with Gasteiger partial charge in [-0.2, -0.15) is 0 Å². The second-order valence-electron chi connectivity index (χ2n) is 8.32. The third kappa shape index (κ3) is 3.80. The number of pyridine rings is 1. The van der Waals surface area contributed by atoms with Crippen LogP contribution in [0.15, 0.2) is 35.3 Å². The van der Waals surface area contributed by atoms with E-state index < -0.39 is 0 Å². The maximum absolute atomic E-state index is 12.0. The van der Waals surface area contributed by atoms with E-state index in [2.05, 4.69) is 30.1 Å². The molecule has 9 nitrogen and oxygen atoms in total. The molecule has 5 rings (SSSR count). The monoisotopic (exact) mass is 434 g/mol. The average molecular weight is 435 g/mol. The molecule has 9 heteroatoms. The first kappa shape index (κ1) is 20.4. The molecular weight excluding hydrogens is 408 g/mol. The van der Waals surface area contributed by atoms with Gasteiger partial charge in [0.1, 0.15) is 17.1 Å². The molecule has 2 aromatic heterocycles. The van der Waals surface area contributed by atoms with E-state index in [4.69, 9.17) is 4.74 Å². The molecule has 1 fully saturated rings. The Hall–Kier alpha value is -3.46. The predicted octanol–water partition coefficient (Wildman–Crippen LogP) is 1.46. The Morgan fingerprint density at radius 2 is 2.16 bits per heavy atom.